The molecule has 0 radical (unpaired) electrons. The first-order valence-corrected chi connectivity index (χ1v) is 6.90. The largest absolute Gasteiger partial charge is 0.389 e. The fourth-order valence-corrected chi connectivity index (χ4v) is 2.97. The summed E-state index contributed by atoms with van der Waals surface area (Å²) in [5.41, 5.74) is 0.936. The van der Waals surface area contributed by atoms with Crippen LogP contribution in [0.25, 0.3) is 0 Å². The molecular weight excluding hydrogens is 224 g/mol. The maximum absolute atomic E-state index is 9.89. The number of hydrogen-bond acceptors (Lipinski definition) is 3. The lowest BCUT2D eigenvalue weighted by Crippen LogP contribution is -2.46. The van der Waals surface area contributed by atoms with Crippen LogP contribution in [0.15, 0.2) is 18.3 Å². The molecule has 0 bridgehead atoms. The fourth-order valence-electron chi connectivity index (χ4n) is 2.97. The number of anilines is 1. The summed E-state index contributed by atoms with van der Waals surface area (Å²) in [6.07, 6.45) is 2.63. The summed E-state index contributed by atoms with van der Waals surface area (Å²) >= 11 is 0. The van der Waals surface area contributed by atoms with Crippen molar-refractivity contribution in [2.75, 3.05) is 11.4 Å². The second-order valence-electron chi connectivity index (χ2n) is 5.80. The van der Waals surface area contributed by atoms with Crippen LogP contribution in [0.4, 0.5) is 5.82 Å². The molecule has 3 unspecified atom stereocenters. The molecule has 1 aromatic rings. The zero-order valence-corrected chi connectivity index (χ0v) is 11.8. The average molecular weight is 248 g/mol. The molecule has 0 saturated carbocycles. The first-order chi connectivity index (χ1) is 8.50. The van der Waals surface area contributed by atoms with Crippen molar-refractivity contribution >= 4 is 5.82 Å². The van der Waals surface area contributed by atoms with Gasteiger partial charge in [-0.3, -0.25) is 0 Å². The van der Waals surface area contributed by atoms with Crippen LogP contribution in [0.2, 0.25) is 0 Å². The maximum Gasteiger partial charge on any atom is 0.134 e. The van der Waals surface area contributed by atoms with E-state index in [1.807, 2.05) is 25.3 Å². The summed E-state index contributed by atoms with van der Waals surface area (Å²) in [4.78, 5) is 6.87. The van der Waals surface area contributed by atoms with Gasteiger partial charge in [-0.05, 0) is 38.2 Å². The molecule has 100 valence electrons. The van der Waals surface area contributed by atoms with Gasteiger partial charge in [-0.25, -0.2) is 4.98 Å². The number of aliphatic hydroxyl groups is 1. The van der Waals surface area contributed by atoms with Crippen LogP contribution in [-0.4, -0.2) is 22.7 Å². The molecule has 2 rings (SSSR count). The highest BCUT2D eigenvalue weighted by atomic mass is 16.3. The number of aliphatic hydroxyl groups excluding tert-OH is 1. The van der Waals surface area contributed by atoms with E-state index in [2.05, 4.69) is 30.7 Å². The minimum absolute atomic E-state index is 0.464. The van der Waals surface area contributed by atoms with Crippen molar-refractivity contribution in [2.45, 2.75) is 46.3 Å². The number of hydrogen-bond donors (Lipinski definition) is 1. The highest BCUT2D eigenvalue weighted by Crippen LogP contribution is 2.33. The smallest absolute Gasteiger partial charge is 0.134 e. The van der Waals surface area contributed by atoms with Crippen molar-refractivity contribution in [2.24, 2.45) is 11.8 Å². The van der Waals surface area contributed by atoms with Gasteiger partial charge in [0, 0.05) is 24.3 Å². The first-order valence-electron chi connectivity index (χ1n) is 6.90. The molecule has 2 heterocycles. The van der Waals surface area contributed by atoms with Gasteiger partial charge in [-0.2, -0.15) is 0 Å². The molecule has 1 fully saturated rings. The second-order valence-corrected chi connectivity index (χ2v) is 5.80. The van der Waals surface area contributed by atoms with Crippen molar-refractivity contribution < 1.29 is 5.11 Å². The Labute approximate surface area is 110 Å². The van der Waals surface area contributed by atoms with Crippen molar-refractivity contribution in [3.8, 4) is 0 Å². The van der Waals surface area contributed by atoms with Crippen LogP contribution in [0.5, 0.6) is 0 Å². The minimum Gasteiger partial charge on any atom is -0.389 e. The number of nitrogens with zero attached hydrogens (tertiary/aromatic N) is 2. The zero-order valence-electron chi connectivity index (χ0n) is 11.8. The number of pyridine rings is 1. The molecule has 1 aromatic heterocycles. The van der Waals surface area contributed by atoms with E-state index in [-0.39, 0.29) is 0 Å². The third-order valence-electron chi connectivity index (χ3n) is 4.14. The minimum atomic E-state index is -0.464. The Morgan fingerprint density at radius 1 is 1.39 bits per heavy atom. The molecule has 3 nitrogen and oxygen atoms in total. The van der Waals surface area contributed by atoms with E-state index in [1.165, 1.54) is 6.42 Å². The topological polar surface area (TPSA) is 36.4 Å². The van der Waals surface area contributed by atoms with Crippen molar-refractivity contribution in [1.82, 2.24) is 4.98 Å². The second kappa shape index (κ2) is 5.27. The molecule has 1 N–H and O–H groups in total. The van der Waals surface area contributed by atoms with E-state index >= 15 is 0 Å². The van der Waals surface area contributed by atoms with Crippen molar-refractivity contribution in [3.05, 3.63) is 23.9 Å². The van der Waals surface area contributed by atoms with E-state index in [1.54, 1.807) is 0 Å². The molecule has 0 amide bonds. The Morgan fingerprint density at radius 2 is 2.11 bits per heavy atom. The van der Waals surface area contributed by atoms with Gasteiger partial charge in [0.05, 0.1) is 6.10 Å². The summed E-state index contributed by atoms with van der Waals surface area (Å²) in [6.45, 7) is 9.69. The van der Waals surface area contributed by atoms with E-state index in [4.69, 9.17) is 0 Å². The quantitative estimate of drug-likeness (QED) is 0.874. The predicted molar refractivity (Wildman–Crippen MR) is 74.6 cm³/mol. The lowest BCUT2D eigenvalue weighted by atomic mass is 9.85. The monoisotopic (exact) mass is 248 g/mol. The van der Waals surface area contributed by atoms with E-state index in [0.717, 1.165) is 17.9 Å². The van der Waals surface area contributed by atoms with Crippen molar-refractivity contribution in [3.63, 3.8) is 0 Å². The fraction of sp³-hybridized carbons (Fsp3) is 0.667. The van der Waals surface area contributed by atoms with Crippen LogP contribution >= 0.6 is 0 Å². The molecule has 3 heteroatoms. The highest BCUT2D eigenvalue weighted by molar-refractivity contribution is 5.49. The summed E-state index contributed by atoms with van der Waals surface area (Å²) < 4.78 is 0. The van der Waals surface area contributed by atoms with Gasteiger partial charge in [0.2, 0.25) is 0 Å². The molecule has 1 aliphatic rings. The van der Waals surface area contributed by atoms with E-state index in [0.29, 0.717) is 17.9 Å². The first kappa shape index (κ1) is 13.3. The molecule has 0 aromatic carbocycles. The molecular formula is C15H24N2O. The number of piperidine rings is 1. The van der Waals surface area contributed by atoms with Gasteiger partial charge in [0.1, 0.15) is 5.82 Å². The van der Waals surface area contributed by atoms with Crippen molar-refractivity contribution in [1.29, 1.82) is 0 Å². The van der Waals surface area contributed by atoms with Crippen LogP contribution in [-0.2, 0) is 0 Å². The summed E-state index contributed by atoms with van der Waals surface area (Å²) in [5.74, 6) is 2.30. The Balaban J connectivity index is 2.35. The van der Waals surface area contributed by atoms with Crippen LogP contribution in [0.1, 0.15) is 45.8 Å². The lowest BCUT2D eigenvalue weighted by Gasteiger charge is -2.42. The third kappa shape index (κ3) is 2.51. The predicted octanol–water partition coefficient (Wildman–Crippen LogP) is 3.01. The Morgan fingerprint density at radius 3 is 2.78 bits per heavy atom. The van der Waals surface area contributed by atoms with Gasteiger partial charge in [-0.1, -0.05) is 19.9 Å². The van der Waals surface area contributed by atoms with E-state index < -0.39 is 6.10 Å². The SMILES string of the molecule is CC1CC(C)C(C)N(c2ncccc2[C@H](C)O)C1. The third-order valence-corrected chi connectivity index (χ3v) is 4.14. The van der Waals surface area contributed by atoms with Gasteiger partial charge >= 0.3 is 0 Å². The molecule has 4 atom stereocenters. The van der Waals surface area contributed by atoms with Crippen LogP contribution < -0.4 is 4.90 Å². The van der Waals surface area contributed by atoms with Crippen LogP contribution in [0.3, 0.4) is 0 Å². The standard InChI is InChI=1S/C15H24N2O/c1-10-8-11(2)12(3)17(9-10)15-14(13(4)18)6-5-7-16-15/h5-7,10-13,18H,8-9H2,1-4H3/t10?,11?,12?,13-/m0/s1. The number of rotatable bonds is 2. The molecule has 1 aliphatic heterocycles. The normalized spacial score (nSPS) is 30.3. The molecule has 0 spiro atoms. The van der Waals surface area contributed by atoms with Gasteiger partial charge < -0.3 is 10.0 Å². The molecule has 1 saturated heterocycles. The zero-order chi connectivity index (χ0) is 13.3. The van der Waals surface area contributed by atoms with Gasteiger partial charge in [0.15, 0.2) is 0 Å². The van der Waals surface area contributed by atoms with Gasteiger partial charge in [-0.15, -0.1) is 0 Å². The Hall–Kier alpha value is -1.09. The number of aromatic nitrogens is 1. The molecule has 0 aliphatic carbocycles. The summed E-state index contributed by atoms with van der Waals surface area (Å²) in [7, 11) is 0. The summed E-state index contributed by atoms with van der Waals surface area (Å²) in [5, 5.41) is 9.89. The molecule has 18 heavy (non-hydrogen) atoms. The highest BCUT2D eigenvalue weighted by Gasteiger charge is 2.31. The lowest BCUT2D eigenvalue weighted by molar-refractivity contribution is 0.198. The maximum atomic E-state index is 9.89. The van der Waals surface area contributed by atoms with Gasteiger partial charge in [0.25, 0.3) is 0 Å². The van der Waals surface area contributed by atoms with Crippen LogP contribution in [0, 0.1) is 11.8 Å². The average Bonchev–Trinajstić information content (AvgIpc) is 2.33. The summed E-state index contributed by atoms with van der Waals surface area (Å²) in [6, 6.07) is 4.35. The van der Waals surface area contributed by atoms with E-state index in [9.17, 15) is 5.11 Å². The Bertz CT molecular complexity index is 405. The Kier molecular flexibility index (Phi) is 3.91.